The van der Waals surface area contributed by atoms with Gasteiger partial charge in [-0.3, -0.25) is 4.90 Å². The number of esters is 1. The molecule has 2 heterocycles. The van der Waals surface area contributed by atoms with Crippen molar-refractivity contribution in [3.63, 3.8) is 0 Å². The molecule has 3 atom stereocenters. The third-order valence-corrected chi connectivity index (χ3v) is 5.27. The topological polar surface area (TPSA) is 38.8 Å². The van der Waals surface area contributed by atoms with Crippen LogP contribution in [-0.2, 0) is 11.3 Å². The van der Waals surface area contributed by atoms with Gasteiger partial charge in [0.1, 0.15) is 18.5 Å². The number of carbonyl (C=O) groups excluding carboxylic acids is 1. The van der Waals surface area contributed by atoms with Crippen molar-refractivity contribution in [2.45, 2.75) is 32.5 Å². The van der Waals surface area contributed by atoms with Crippen LogP contribution in [0.5, 0.6) is 5.75 Å². The molecule has 2 aliphatic heterocycles. The Labute approximate surface area is 125 Å². The number of hydrogen-bond acceptors (Lipinski definition) is 4. The summed E-state index contributed by atoms with van der Waals surface area (Å²) < 4.78 is 11.3. The maximum Gasteiger partial charge on any atom is 0.338 e. The largest absolute Gasteiger partial charge is 0.489 e. The second-order valence-corrected chi connectivity index (χ2v) is 6.40. The zero-order valence-electron chi connectivity index (χ0n) is 12.4. The van der Waals surface area contributed by atoms with E-state index in [4.69, 9.17) is 9.47 Å². The fraction of sp³-hybridized carbons (Fsp3) is 0.588. The first-order chi connectivity index (χ1) is 10.2. The molecular weight excluding hydrogens is 266 g/mol. The van der Waals surface area contributed by atoms with Crippen molar-refractivity contribution >= 4 is 5.97 Å². The van der Waals surface area contributed by atoms with Crippen LogP contribution in [0.2, 0.25) is 0 Å². The molecule has 1 saturated carbocycles. The smallest absolute Gasteiger partial charge is 0.338 e. The highest BCUT2D eigenvalue weighted by Gasteiger charge is 2.43. The minimum atomic E-state index is -0.217. The van der Waals surface area contributed by atoms with Gasteiger partial charge < -0.3 is 9.47 Å². The van der Waals surface area contributed by atoms with Gasteiger partial charge in [0, 0.05) is 24.6 Å². The number of fused-ring (bicyclic) bond motifs is 2. The van der Waals surface area contributed by atoms with Crippen molar-refractivity contribution in [3.8, 4) is 5.75 Å². The molecule has 0 N–H and O–H groups in total. The van der Waals surface area contributed by atoms with Gasteiger partial charge in [0.15, 0.2) is 0 Å². The van der Waals surface area contributed by atoms with E-state index in [2.05, 4.69) is 11.8 Å². The Bertz CT molecular complexity index is 569. The Morgan fingerprint density at radius 2 is 2.24 bits per heavy atom. The zero-order chi connectivity index (χ0) is 14.4. The average molecular weight is 287 g/mol. The zero-order valence-corrected chi connectivity index (χ0v) is 12.4. The maximum atomic E-state index is 11.5. The highest BCUT2D eigenvalue weighted by atomic mass is 16.5. The van der Waals surface area contributed by atoms with Gasteiger partial charge in [0.05, 0.1) is 5.56 Å². The molecule has 0 aromatic heterocycles. The predicted octanol–water partition coefficient (Wildman–Crippen LogP) is 2.47. The van der Waals surface area contributed by atoms with Gasteiger partial charge >= 0.3 is 5.97 Å². The Kier molecular flexibility index (Phi) is 3.14. The quantitative estimate of drug-likeness (QED) is 0.801. The van der Waals surface area contributed by atoms with E-state index in [0.29, 0.717) is 18.1 Å². The number of nitrogens with zero attached hydrogens (tertiary/aromatic N) is 1. The number of rotatable bonds is 3. The minimum Gasteiger partial charge on any atom is -0.489 e. The summed E-state index contributed by atoms with van der Waals surface area (Å²) >= 11 is 0. The van der Waals surface area contributed by atoms with Crippen molar-refractivity contribution in [2.75, 3.05) is 19.6 Å². The SMILES string of the molecule is CCN1C[C@H]2CC[C@H]2[C@@H](Oc2ccc3c(c2)COC3=O)C1. The van der Waals surface area contributed by atoms with Crippen LogP contribution in [-0.4, -0.2) is 36.6 Å². The van der Waals surface area contributed by atoms with Crippen LogP contribution < -0.4 is 4.74 Å². The predicted molar refractivity (Wildman–Crippen MR) is 78.3 cm³/mol. The normalized spacial score (nSPS) is 31.1. The van der Waals surface area contributed by atoms with Crippen LogP contribution in [0.25, 0.3) is 0 Å². The number of hydrogen-bond donors (Lipinski definition) is 0. The summed E-state index contributed by atoms with van der Waals surface area (Å²) in [5, 5.41) is 0. The second-order valence-electron chi connectivity index (χ2n) is 6.40. The van der Waals surface area contributed by atoms with Crippen molar-refractivity contribution in [1.82, 2.24) is 4.90 Å². The standard InChI is InChI=1S/C17H21NO3/c1-2-18-8-11-3-5-14(11)16(9-18)21-13-4-6-15-12(7-13)10-20-17(15)19/h4,6-7,11,14,16H,2-3,5,8-10H2,1H3/t11-,14-,16+/m1/s1. The molecule has 0 spiro atoms. The number of likely N-dealkylation sites (tertiary alicyclic amines) is 1. The summed E-state index contributed by atoms with van der Waals surface area (Å²) in [6, 6.07) is 5.71. The Morgan fingerprint density at radius 3 is 3.00 bits per heavy atom. The Hall–Kier alpha value is -1.55. The van der Waals surface area contributed by atoms with Crippen LogP contribution in [0.4, 0.5) is 0 Å². The summed E-state index contributed by atoms with van der Waals surface area (Å²) in [5.74, 6) is 2.17. The van der Waals surface area contributed by atoms with E-state index >= 15 is 0 Å². The van der Waals surface area contributed by atoms with E-state index in [-0.39, 0.29) is 12.1 Å². The molecule has 1 aromatic carbocycles. The molecule has 0 radical (unpaired) electrons. The van der Waals surface area contributed by atoms with Crippen molar-refractivity contribution in [2.24, 2.45) is 11.8 Å². The number of cyclic esters (lactones) is 1. The first kappa shape index (κ1) is 13.1. The van der Waals surface area contributed by atoms with Gasteiger partial charge in [0.25, 0.3) is 0 Å². The molecule has 4 heteroatoms. The Morgan fingerprint density at radius 1 is 1.33 bits per heavy atom. The molecule has 0 bridgehead atoms. The molecule has 0 unspecified atom stereocenters. The van der Waals surface area contributed by atoms with Crippen LogP contribution in [0.15, 0.2) is 18.2 Å². The van der Waals surface area contributed by atoms with Gasteiger partial charge in [-0.15, -0.1) is 0 Å². The number of benzene rings is 1. The highest BCUT2D eigenvalue weighted by molar-refractivity contribution is 5.93. The lowest BCUT2D eigenvalue weighted by atomic mass is 9.68. The van der Waals surface area contributed by atoms with Gasteiger partial charge in [-0.05, 0) is 43.5 Å². The Balaban J connectivity index is 1.51. The minimum absolute atomic E-state index is 0.217. The van der Waals surface area contributed by atoms with E-state index in [1.54, 1.807) is 0 Å². The number of piperidine rings is 1. The third-order valence-electron chi connectivity index (χ3n) is 5.27. The van der Waals surface area contributed by atoms with E-state index in [9.17, 15) is 4.79 Å². The monoisotopic (exact) mass is 287 g/mol. The van der Waals surface area contributed by atoms with Crippen LogP contribution in [0.1, 0.15) is 35.7 Å². The van der Waals surface area contributed by atoms with E-state index in [1.165, 1.54) is 19.4 Å². The number of ether oxygens (including phenoxy) is 2. The molecule has 0 amide bonds. The number of carbonyl (C=O) groups is 1. The van der Waals surface area contributed by atoms with Crippen LogP contribution >= 0.6 is 0 Å². The summed E-state index contributed by atoms with van der Waals surface area (Å²) in [6.45, 7) is 5.94. The van der Waals surface area contributed by atoms with Crippen LogP contribution in [0, 0.1) is 11.8 Å². The molecule has 4 rings (SSSR count). The van der Waals surface area contributed by atoms with Gasteiger partial charge in [-0.1, -0.05) is 6.92 Å². The molecule has 2 fully saturated rings. The number of likely N-dealkylation sites (N-methyl/N-ethyl adjacent to an activating group) is 1. The van der Waals surface area contributed by atoms with Crippen molar-refractivity contribution in [1.29, 1.82) is 0 Å². The van der Waals surface area contributed by atoms with Gasteiger partial charge in [-0.2, -0.15) is 0 Å². The molecule has 3 aliphatic rings. The van der Waals surface area contributed by atoms with Crippen molar-refractivity contribution in [3.05, 3.63) is 29.3 Å². The van der Waals surface area contributed by atoms with Gasteiger partial charge in [0.2, 0.25) is 0 Å². The highest BCUT2D eigenvalue weighted by Crippen LogP contribution is 2.42. The summed E-state index contributed by atoms with van der Waals surface area (Å²) in [5.41, 5.74) is 1.63. The molecule has 1 aromatic rings. The lowest BCUT2D eigenvalue weighted by Crippen LogP contribution is -2.55. The average Bonchev–Trinajstić information content (AvgIpc) is 2.82. The lowest BCUT2D eigenvalue weighted by Gasteiger charge is -2.49. The summed E-state index contributed by atoms with van der Waals surface area (Å²) in [6.07, 6.45) is 2.92. The van der Waals surface area contributed by atoms with E-state index in [0.717, 1.165) is 30.3 Å². The molecule has 1 aliphatic carbocycles. The van der Waals surface area contributed by atoms with Gasteiger partial charge in [-0.25, -0.2) is 4.79 Å². The molecule has 1 saturated heterocycles. The first-order valence-electron chi connectivity index (χ1n) is 7.93. The molecule has 112 valence electrons. The maximum absolute atomic E-state index is 11.5. The summed E-state index contributed by atoms with van der Waals surface area (Å²) in [4.78, 5) is 14.0. The first-order valence-corrected chi connectivity index (χ1v) is 7.93. The third kappa shape index (κ3) is 2.22. The molecule has 4 nitrogen and oxygen atoms in total. The van der Waals surface area contributed by atoms with Crippen molar-refractivity contribution < 1.29 is 14.3 Å². The lowest BCUT2D eigenvalue weighted by molar-refractivity contribution is -0.0484. The van der Waals surface area contributed by atoms with Crippen LogP contribution in [0.3, 0.4) is 0 Å². The molecular formula is C17H21NO3. The van der Waals surface area contributed by atoms with E-state index < -0.39 is 0 Å². The summed E-state index contributed by atoms with van der Waals surface area (Å²) in [7, 11) is 0. The molecule has 21 heavy (non-hydrogen) atoms. The fourth-order valence-electron chi connectivity index (χ4n) is 3.85. The second kappa shape index (κ2) is 5.02. The fourth-order valence-corrected chi connectivity index (χ4v) is 3.85. The van der Waals surface area contributed by atoms with E-state index in [1.807, 2.05) is 18.2 Å².